The maximum absolute atomic E-state index is 14.1. The SMILES string of the molecule is C=C(C)[C@@]1(O)[C@@H]2O[C@]3(C)O[C@H]1[C@@H](C)[C@@]1(O3)[C@H]2[C@H](OC(=O)c2ccccc2)[C@@]2(C)O[C@@]3([C@H]1C[C@H](C)[C@@H]3OC(C)=O)[C@@H]2OC(=O)c1ccccc1. The molecule has 4 heterocycles. The number of benzene rings is 2. The molecule has 2 aromatic rings. The maximum atomic E-state index is 14.1. The van der Waals surface area contributed by atoms with Crippen LogP contribution in [0.15, 0.2) is 72.8 Å². The zero-order valence-corrected chi connectivity index (χ0v) is 28.4. The van der Waals surface area contributed by atoms with Crippen molar-refractivity contribution in [2.75, 3.05) is 0 Å². The molecule has 3 saturated carbocycles. The van der Waals surface area contributed by atoms with Crippen LogP contribution < -0.4 is 0 Å². The van der Waals surface area contributed by atoms with E-state index < -0.39 is 94.6 Å². The average Bonchev–Trinajstić information content (AvgIpc) is 3.29. The molecule has 2 spiro atoms. The van der Waals surface area contributed by atoms with Crippen LogP contribution in [0.2, 0.25) is 0 Å². The van der Waals surface area contributed by atoms with E-state index >= 15 is 0 Å². The van der Waals surface area contributed by atoms with Crippen LogP contribution in [0.5, 0.6) is 0 Å². The number of aliphatic hydroxyl groups is 1. The van der Waals surface area contributed by atoms with E-state index in [1.165, 1.54) is 6.92 Å². The predicted molar refractivity (Wildman–Crippen MR) is 171 cm³/mol. The largest absolute Gasteiger partial charge is 0.459 e. The van der Waals surface area contributed by atoms with Gasteiger partial charge in [-0.05, 0) is 56.0 Å². The number of esters is 3. The third-order valence-electron chi connectivity index (χ3n) is 12.3. The molecule has 7 aliphatic rings. The Morgan fingerprint density at radius 2 is 1.37 bits per heavy atom. The number of carbonyl (C=O) groups excluding carboxylic acids is 3. The van der Waals surface area contributed by atoms with Crippen molar-refractivity contribution in [2.24, 2.45) is 23.7 Å². The van der Waals surface area contributed by atoms with Gasteiger partial charge in [-0.15, -0.1) is 0 Å². The van der Waals surface area contributed by atoms with Crippen LogP contribution in [0.3, 0.4) is 0 Å². The first kappa shape index (κ1) is 32.6. The summed E-state index contributed by atoms with van der Waals surface area (Å²) in [4.78, 5) is 40.7. The highest BCUT2D eigenvalue weighted by Crippen LogP contribution is 2.75. The lowest BCUT2D eigenvalue weighted by Gasteiger charge is -2.72. The molecule has 6 bridgehead atoms. The summed E-state index contributed by atoms with van der Waals surface area (Å²) < 4.78 is 46.2. The van der Waals surface area contributed by atoms with E-state index in [1.54, 1.807) is 81.4 Å². The molecule has 0 amide bonds. The molecule has 0 radical (unpaired) electrons. The number of fused-ring (bicyclic) bond motifs is 1. The predicted octanol–water partition coefficient (Wildman–Crippen LogP) is 4.37. The molecule has 0 aromatic heterocycles. The molecule has 1 N–H and O–H groups in total. The quantitative estimate of drug-likeness (QED) is 0.266. The fraction of sp³-hybridized carbons (Fsp3) is 0.553. The molecule has 2 aromatic carbocycles. The van der Waals surface area contributed by atoms with Crippen molar-refractivity contribution >= 4 is 17.9 Å². The highest BCUT2D eigenvalue weighted by molar-refractivity contribution is 5.90. The van der Waals surface area contributed by atoms with Gasteiger partial charge in [-0.3, -0.25) is 4.79 Å². The summed E-state index contributed by atoms with van der Waals surface area (Å²) in [6.45, 7) is 14.5. The normalized spacial score (nSPS) is 46.8. The molecule has 49 heavy (non-hydrogen) atoms. The van der Waals surface area contributed by atoms with E-state index in [9.17, 15) is 19.5 Å². The molecule has 11 nitrogen and oxygen atoms in total. The molecule has 4 saturated heterocycles. The minimum atomic E-state index is -1.71. The van der Waals surface area contributed by atoms with Gasteiger partial charge < -0.3 is 38.3 Å². The van der Waals surface area contributed by atoms with E-state index in [1.807, 2.05) is 13.8 Å². The Labute approximate surface area is 284 Å². The van der Waals surface area contributed by atoms with E-state index in [0.717, 1.165) is 0 Å². The minimum absolute atomic E-state index is 0.251. The van der Waals surface area contributed by atoms with Crippen LogP contribution in [0.25, 0.3) is 0 Å². The van der Waals surface area contributed by atoms with Crippen molar-refractivity contribution < 1.29 is 52.6 Å². The topological polar surface area (TPSA) is 136 Å². The fourth-order valence-electron chi connectivity index (χ4n) is 10.5. The smallest absolute Gasteiger partial charge is 0.338 e. The molecule has 11 heteroatoms. The van der Waals surface area contributed by atoms with Gasteiger partial charge in [0.05, 0.1) is 22.6 Å². The van der Waals surface area contributed by atoms with E-state index in [2.05, 4.69) is 6.58 Å². The highest BCUT2D eigenvalue weighted by atomic mass is 16.9. The summed E-state index contributed by atoms with van der Waals surface area (Å²) in [6.07, 6.45) is -4.54. The van der Waals surface area contributed by atoms with Crippen molar-refractivity contribution in [3.8, 4) is 0 Å². The molecule has 3 aliphatic carbocycles. The minimum Gasteiger partial charge on any atom is -0.459 e. The first-order valence-corrected chi connectivity index (χ1v) is 17.0. The number of hydrogen-bond donors (Lipinski definition) is 1. The van der Waals surface area contributed by atoms with Gasteiger partial charge in [0.25, 0.3) is 5.97 Å². The summed E-state index contributed by atoms with van der Waals surface area (Å²) in [5, 5.41) is 12.6. The van der Waals surface area contributed by atoms with Gasteiger partial charge in [-0.25, -0.2) is 9.59 Å². The van der Waals surface area contributed by atoms with Gasteiger partial charge in [0.1, 0.15) is 35.6 Å². The van der Waals surface area contributed by atoms with Gasteiger partial charge in [0.15, 0.2) is 11.7 Å². The third kappa shape index (κ3) is 4.05. The van der Waals surface area contributed by atoms with Gasteiger partial charge in [0.2, 0.25) is 0 Å². The highest BCUT2D eigenvalue weighted by Gasteiger charge is 2.91. The summed E-state index contributed by atoms with van der Waals surface area (Å²) in [6, 6.07) is 17.1. The van der Waals surface area contributed by atoms with Crippen molar-refractivity contribution in [3.63, 3.8) is 0 Å². The second kappa shape index (κ2) is 10.5. The van der Waals surface area contributed by atoms with Gasteiger partial charge >= 0.3 is 17.9 Å². The number of ether oxygens (including phenoxy) is 7. The zero-order chi connectivity index (χ0) is 34.9. The van der Waals surface area contributed by atoms with Crippen LogP contribution >= 0.6 is 0 Å². The second-order valence-corrected chi connectivity index (χ2v) is 15.1. The van der Waals surface area contributed by atoms with Crippen molar-refractivity contribution in [3.05, 3.63) is 83.9 Å². The van der Waals surface area contributed by atoms with Gasteiger partial charge in [-0.1, -0.05) is 56.8 Å². The Balaban J connectivity index is 1.37. The van der Waals surface area contributed by atoms with E-state index in [0.29, 0.717) is 23.1 Å². The number of carbonyl (C=O) groups is 3. The van der Waals surface area contributed by atoms with Crippen LogP contribution in [0.4, 0.5) is 0 Å². The monoisotopic (exact) mass is 674 g/mol. The maximum Gasteiger partial charge on any atom is 0.338 e. The molecule has 0 unspecified atom stereocenters. The summed E-state index contributed by atoms with van der Waals surface area (Å²) in [7, 11) is 0. The van der Waals surface area contributed by atoms with E-state index in [-0.39, 0.29) is 5.92 Å². The van der Waals surface area contributed by atoms with Gasteiger partial charge in [0, 0.05) is 25.7 Å². The molecular formula is C38H42O11. The second-order valence-electron chi connectivity index (χ2n) is 15.1. The Morgan fingerprint density at radius 3 is 1.94 bits per heavy atom. The summed E-state index contributed by atoms with van der Waals surface area (Å²) in [5.74, 6) is -5.60. The Morgan fingerprint density at radius 1 is 0.796 bits per heavy atom. The fourth-order valence-corrected chi connectivity index (χ4v) is 10.5. The van der Waals surface area contributed by atoms with Crippen molar-refractivity contribution in [2.45, 2.75) is 107 Å². The molecule has 9 rings (SSSR count). The van der Waals surface area contributed by atoms with Crippen LogP contribution in [-0.2, 0) is 38.0 Å². The van der Waals surface area contributed by atoms with Crippen molar-refractivity contribution in [1.29, 1.82) is 0 Å². The lowest BCUT2D eigenvalue weighted by atomic mass is 9.51. The van der Waals surface area contributed by atoms with Crippen LogP contribution in [0.1, 0.15) is 68.7 Å². The lowest BCUT2D eigenvalue weighted by molar-refractivity contribution is -0.568. The first-order chi connectivity index (χ1) is 23.1. The first-order valence-electron chi connectivity index (χ1n) is 17.0. The number of hydrogen-bond acceptors (Lipinski definition) is 11. The number of rotatable bonds is 6. The Kier molecular flexibility index (Phi) is 6.96. The molecule has 14 atom stereocenters. The molecule has 260 valence electrons. The third-order valence-corrected chi connectivity index (χ3v) is 12.3. The molecular weight excluding hydrogens is 632 g/mol. The van der Waals surface area contributed by atoms with Crippen LogP contribution in [-0.4, -0.2) is 81.9 Å². The van der Waals surface area contributed by atoms with E-state index in [4.69, 9.17) is 33.2 Å². The summed E-state index contributed by atoms with van der Waals surface area (Å²) >= 11 is 0. The van der Waals surface area contributed by atoms with Gasteiger partial charge in [-0.2, -0.15) is 0 Å². The average molecular weight is 675 g/mol. The molecule has 7 fully saturated rings. The zero-order valence-electron chi connectivity index (χ0n) is 28.4. The standard InChI is InChI=1S/C38H42O11/c1-19(2)36(42)28-21(4)37-25-18-20(3)27(43-22(5)39)38(25)33(45-32(41)24-16-12-9-13-17-24)34(6,48-38)29(44-31(40)23-14-10-8-11-15-23)26(37)30(36)47-35(7,46-28)49-37/h8-17,20-21,25-30,33,42H,1,18H2,2-7H3/t20-,21+,25-,26-,27-,28-,29-,30+,33+,34+,35-,36-,37-,38+/m0/s1. The lowest BCUT2D eigenvalue weighted by Crippen LogP contribution is -2.86. The van der Waals surface area contributed by atoms with Crippen molar-refractivity contribution in [1.82, 2.24) is 0 Å². The molecule has 4 aliphatic heterocycles. The summed E-state index contributed by atoms with van der Waals surface area (Å²) in [5.41, 5.74) is -4.83. The van der Waals surface area contributed by atoms with Crippen LogP contribution in [0, 0.1) is 23.7 Å². The Hall–Kier alpha value is -3.61. The Bertz CT molecular complexity index is 1730.